The van der Waals surface area contributed by atoms with Crippen LogP contribution in [0.5, 0.6) is 0 Å². The Morgan fingerprint density at radius 2 is 1.36 bits per heavy atom. The van der Waals surface area contributed by atoms with Crippen LogP contribution in [0, 0.1) is 0 Å². The summed E-state index contributed by atoms with van der Waals surface area (Å²) < 4.78 is 0. The normalized spacial score (nSPS) is 11.6. The Kier molecular flexibility index (Phi) is 9.88. The summed E-state index contributed by atoms with van der Waals surface area (Å²) in [5.74, 6) is -1.12. The summed E-state index contributed by atoms with van der Waals surface area (Å²) in [6, 6.07) is 28.8. The van der Waals surface area contributed by atoms with Crippen LogP contribution in [-0.2, 0) is 24.2 Å². The van der Waals surface area contributed by atoms with Crippen molar-refractivity contribution in [1.82, 2.24) is 10.2 Å². The van der Waals surface area contributed by atoms with Gasteiger partial charge in [0.1, 0.15) is 6.04 Å². The number of carbonyl (C=O) groups excluding carboxylic acids is 1. The van der Waals surface area contributed by atoms with Crippen LogP contribution < -0.4 is 5.32 Å². The molecule has 0 aliphatic rings. The van der Waals surface area contributed by atoms with Crippen molar-refractivity contribution in [3.8, 4) is 11.1 Å². The van der Waals surface area contributed by atoms with Crippen LogP contribution in [-0.4, -0.2) is 34.6 Å². The summed E-state index contributed by atoms with van der Waals surface area (Å²) in [7, 11) is 0. The van der Waals surface area contributed by atoms with Gasteiger partial charge >= 0.3 is 12.0 Å². The molecule has 0 bridgehead atoms. The summed E-state index contributed by atoms with van der Waals surface area (Å²) in [6.07, 6.45) is 0.707. The van der Waals surface area contributed by atoms with Crippen molar-refractivity contribution in [2.45, 2.75) is 25.4 Å². The Morgan fingerprint density at radius 1 is 0.744 bits per heavy atom. The van der Waals surface area contributed by atoms with Crippen LogP contribution in [0.4, 0.5) is 4.79 Å². The molecule has 2 N–H and O–H groups in total. The molecule has 0 radical (unpaired) electrons. The summed E-state index contributed by atoms with van der Waals surface area (Å²) >= 11 is 18.2. The van der Waals surface area contributed by atoms with E-state index < -0.39 is 18.0 Å². The zero-order chi connectivity index (χ0) is 27.8. The molecule has 0 spiro atoms. The number of hydrogen-bond acceptors (Lipinski definition) is 2. The van der Waals surface area contributed by atoms with Crippen molar-refractivity contribution in [3.63, 3.8) is 0 Å². The molecule has 8 heteroatoms. The predicted molar refractivity (Wildman–Crippen MR) is 158 cm³/mol. The quantitative estimate of drug-likeness (QED) is 0.201. The zero-order valence-corrected chi connectivity index (χ0v) is 23.3. The van der Waals surface area contributed by atoms with E-state index in [2.05, 4.69) is 29.6 Å². The molecule has 0 fully saturated rings. The molecule has 200 valence electrons. The largest absolute Gasteiger partial charge is 0.480 e. The molecule has 4 rings (SSSR count). The van der Waals surface area contributed by atoms with Gasteiger partial charge in [-0.05, 0) is 58.5 Å². The number of carboxylic acids is 1. The lowest BCUT2D eigenvalue weighted by Crippen LogP contribution is -2.49. The lowest BCUT2D eigenvalue weighted by Gasteiger charge is -2.26. The maximum Gasteiger partial charge on any atom is 0.326 e. The van der Waals surface area contributed by atoms with Crippen LogP contribution in [0.15, 0.2) is 97.1 Å². The second-order valence-corrected chi connectivity index (χ2v) is 10.4. The molecule has 0 aromatic heterocycles. The Labute approximate surface area is 242 Å². The molecule has 1 atom stereocenters. The number of benzene rings is 4. The number of nitrogens with zero attached hydrogens (tertiary/aromatic N) is 1. The SMILES string of the molecule is O=C(O)[C@H](Cc1ccc(Cl)cc1)NC(=O)N(CCc1ccc(-c2ccccc2)cc1)Cc1ccc(Cl)c(Cl)c1. The zero-order valence-electron chi connectivity index (χ0n) is 21.0. The molecule has 0 unspecified atom stereocenters. The van der Waals surface area contributed by atoms with E-state index in [-0.39, 0.29) is 13.0 Å². The lowest BCUT2D eigenvalue weighted by molar-refractivity contribution is -0.139. The second-order valence-electron chi connectivity index (χ2n) is 9.15. The average Bonchev–Trinajstić information content (AvgIpc) is 2.94. The van der Waals surface area contributed by atoms with Gasteiger partial charge in [0.25, 0.3) is 0 Å². The highest BCUT2D eigenvalue weighted by molar-refractivity contribution is 6.42. The van der Waals surface area contributed by atoms with Gasteiger partial charge < -0.3 is 15.3 Å². The van der Waals surface area contributed by atoms with Crippen LogP contribution in [0.3, 0.4) is 0 Å². The van der Waals surface area contributed by atoms with Gasteiger partial charge in [0.2, 0.25) is 0 Å². The molecule has 5 nitrogen and oxygen atoms in total. The first kappa shape index (κ1) is 28.5. The molecular formula is C31H27Cl3N2O3. The first-order valence-corrected chi connectivity index (χ1v) is 13.5. The monoisotopic (exact) mass is 580 g/mol. The number of rotatable bonds is 10. The van der Waals surface area contributed by atoms with Gasteiger partial charge in [0.05, 0.1) is 10.0 Å². The number of amides is 2. The fraction of sp³-hybridized carbons (Fsp3) is 0.161. The highest BCUT2D eigenvalue weighted by atomic mass is 35.5. The first-order valence-electron chi connectivity index (χ1n) is 12.4. The van der Waals surface area contributed by atoms with E-state index in [1.165, 1.54) is 0 Å². The smallest absolute Gasteiger partial charge is 0.326 e. The van der Waals surface area contributed by atoms with E-state index in [1.807, 2.05) is 30.3 Å². The van der Waals surface area contributed by atoms with Gasteiger partial charge in [-0.3, -0.25) is 0 Å². The van der Waals surface area contributed by atoms with Crippen molar-refractivity contribution in [2.24, 2.45) is 0 Å². The van der Waals surface area contributed by atoms with E-state index in [4.69, 9.17) is 34.8 Å². The van der Waals surface area contributed by atoms with Crippen molar-refractivity contribution < 1.29 is 14.7 Å². The van der Waals surface area contributed by atoms with Crippen molar-refractivity contribution in [3.05, 3.63) is 129 Å². The fourth-order valence-electron chi connectivity index (χ4n) is 4.17. The molecule has 0 aliphatic carbocycles. The summed E-state index contributed by atoms with van der Waals surface area (Å²) in [6.45, 7) is 0.599. The standard InChI is InChI=1S/C31H27Cl3N2O3/c32-26-13-8-22(9-14-26)19-29(30(37)38)35-31(39)36(20-23-10-15-27(33)28(34)18-23)17-16-21-6-11-25(12-7-21)24-4-2-1-3-5-24/h1-15,18,29H,16-17,19-20H2,(H,35,39)(H,37,38)/t29-/m0/s1. The molecule has 4 aromatic carbocycles. The number of carboxylic acid groups (broad SMARTS) is 1. The van der Waals surface area contributed by atoms with E-state index in [0.717, 1.165) is 27.8 Å². The van der Waals surface area contributed by atoms with E-state index >= 15 is 0 Å². The topological polar surface area (TPSA) is 69.6 Å². The number of hydrogen-bond donors (Lipinski definition) is 2. The minimum atomic E-state index is -1.12. The Morgan fingerprint density at radius 3 is 2.00 bits per heavy atom. The fourth-order valence-corrected chi connectivity index (χ4v) is 4.61. The molecule has 2 amide bonds. The molecule has 39 heavy (non-hydrogen) atoms. The lowest BCUT2D eigenvalue weighted by atomic mass is 10.0. The number of aliphatic carboxylic acids is 1. The number of carbonyl (C=O) groups is 2. The summed E-state index contributed by atoms with van der Waals surface area (Å²) in [5, 5.41) is 13.9. The maximum atomic E-state index is 13.4. The van der Waals surface area contributed by atoms with Crippen LogP contribution >= 0.6 is 34.8 Å². The molecule has 0 aliphatic heterocycles. The maximum absolute atomic E-state index is 13.4. The number of halogens is 3. The van der Waals surface area contributed by atoms with Crippen LogP contribution in [0.2, 0.25) is 15.1 Å². The van der Waals surface area contributed by atoms with Gasteiger partial charge in [0.15, 0.2) is 0 Å². The Bertz CT molecular complexity index is 1410. The minimum absolute atomic E-state index is 0.125. The molecule has 0 heterocycles. The van der Waals surface area contributed by atoms with Crippen molar-refractivity contribution >= 4 is 46.8 Å². The third kappa shape index (κ3) is 8.24. The third-order valence-electron chi connectivity index (χ3n) is 6.32. The molecule has 0 saturated carbocycles. The van der Waals surface area contributed by atoms with Gasteiger partial charge in [-0.25, -0.2) is 9.59 Å². The summed E-state index contributed by atoms with van der Waals surface area (Å²) in [4.78, 5) is 27.0. The van der Waals surface area contributed by atoms with Gasteiger partial charge in [-0.1, -0.05) is 108 Å². The minimum Gasteiger partial charge on any atom is -0.480 e. The molecule has 0 saturated heterocycles. The van der Waals surface area contributed by atoms with E-state index in [1.54, 1.807) is 47.4 Å². The van der Waals surface area contributed by atoms with Crippen LogP contribution in [0.25, 0.3) is 11.1 Å². The Balaban J connectivity index is 1.49. The van der Waals surface area contributed by atoms with Crippen molar-refractivity contribution in [1.29, 1.82) is 0 Å². The van der Waals surface area contributed by atoms with Gasteiger partial charge in [0, 0.05) is 24.5 Å². The summed E-state index contributed by atoms with van der Waals surface area (Å²) in [5.41, 5.74) is 4.82. The number of urea groups is 1. The van der Waals surface area contributed by atoms with Crippen LogP contribution in [0.1, 0.15) is 16.7 Å². The Hall–Kier alpha value is -3.51. The highest BCUT2D eigenvalue weighted by Gasteiger charge is 2.24. The predicted octanol–water partition coefficient (Wildman–Crippen LogP) is 7.76. The molecule has 4 aromatic rings. The molecular weight excluding hydrogens is 555 g/mol. The first-order chi connectivity index (χ1) is 18.8. The van der Waals surface area contributed by atoms with Gasteiger partial charge in [-0.15, -0.1) is 0 Å². The highest BCUT2D eigenvalue weighted by Crippen LogP contribution is 2.24. The average molecular weight is 582 g/mol. The van der Waals surface area contributed by atoms with E-state index in [9.17, 15) is 14.7 Å². The van der Waals surface area contributed by atoms with Crippen molar-refractivity contribution in [2.75, 3.05) is 6.54 Å². The van der Waals surface area contributed by atoms with Gasteiger partial charge in [-0.2, -0.15) is 0 Å². The second kappa shape index (κ2) is 13.5. The third-order valence-corrected chi connectivity index (χ3v) is 7.32. The number of nitrogens with one attached hydrogen (secondary N) is 1. The van der Waals surface area contributed by atoms with E-state index in [0.29, 0.717) is 28.0 Å².